The van der Waals surface area contributed by atoms with Crippen molar-refractivity contribution in [1.82, 2.24) is 14.6 Å². The Hall–Kier alpha value is -2.89. The van der Waals surface area contributed by atoms with Crippen molar-refractivity contribution >= 4 is 11.6 Å². The number of carbonyl (C=O) groups excluding carboxylic acids is 1. The zero-order valence-corrected chi connectivity index (χ0v) is 15.1. The number of hydrogen-bond donors (Lipinski definition) is 1. The lowest BCUT2D eigenvalue weighted by molar-refractivity contribution is -0.133. The van der Waals surface area contributed by atoms with Gasteiger partial charge in [0.15, 0.2) is 5.65 Å². The van der Waals surface area contributed by atoms with Crippen LogP contribution in [0.2, 0.25) is 0 Å². The third-order valence-corrected chi connectivity index (χ3v) is 4.61. The first-order valence-corrected chi connectivity index (χ1v) is 8.13. The van der Waals surface area contributed by atoms with Crippen molar-refractivity contribution in [3.63, 3.8) is 0 Å². The summed E-state index contributed by atoms with van der Waals surface area (Å²) >= 11 is 0. The maximum atomic E-state index is 12.5. The summed E-state index contributed by atoms with van der Waals surface area (Å²) in [6, 6.07) is 5.39. The van der Waals surface area contributed by atoms with E-state index in [1.807, 2.05) is 46.8 Å². The van der Waals surface area contributed by atoms with Crippen molar-refractivity contribution in [2.75, 3.05) is 0 Å². The van der Waals surface area contributed by atoms with E-state index in [9.17, 15) is 9.59 Å². The molecule has 130 valence electrons. The summed E-state index contributed by atoms with van der Waals surface area (Å²) < 4.78 is 7.24. The fraction of sp³-hybridized carbons (Fsp3) is 0.316. The number of nitrogens with zero attached hydrogens (tertiary/aromatic N) is 2. The maximum Gasteiger partial charge on any atom is 0.315 e. The summed E-state index contributed by atoms with van der Waals surface area (Å²) in [5.74, 6) is 0.266. The van der Waals surface area contributed by atoms with Crippen molar-refractivity contribution in [2.24, 2.45) is 0 Å². The van der Waals surface area contributed by atoms with Crippen molar-refractivity contribution in [1.29, 1.82) is 0 Å². The molecule has 6 nitrogen and oxygen atoms in total. The van der Waals surface area contributed by atoms with Crippen molar-refractivity contribution in [2.45, 2.75) is 41.0 Å². The number of ether oxygens (including phenoxy) is 1. The number of hydrogen-bond acceptors (Lipinski definition) is 4. The van der Waals surface area contributed by atoms with Crippen LogP contribution >= 0.6 is 0 Å². The van der Waals surface area contributed by atoms with Gasteiger partial charge in [0.1, 0.15) is 5.75 Å². The van der Waals surface area contributed by atoms with E-state index in [0.29, 0.717) is 17.1 Å². The van der Waals surface area contributed by atoms with Gasteiger partial charge in [0.05, 0.1) is 6.42 Å². The molecule has 0 amide bonds. The highest BCUT2D eigenvalue weighted by Crippen LogP contribution is 2.26. The van der Waals surface area contributed by atoms with Gasteiger partial charge in [0.2, 0.25) is 0 Å². The lowest BCUT2D eigenvalue weighted by atomic mass is 10.1. The summed E-state index contributed by atoms with van der Waals surface area (Å²) in [5, 5.41) is 2.69. The van der Waals surface area contributed by atoms with Gasteiger partial charge in [-0.25, -0.2) is 9.50 Å². The van der Waals surface area contributed by atoms with Gasteiger partial charge in [-0.15, -0.1) is 0 Å². The fourth-order valence-electron chi connectivity index (χ4n) is 2.99. The molecule has 0 radical (unpaired) electrons. The van der Waals surface area contributed by atoms with E-state index >= 15 is 0 Å². The molecule has 1 N–H and O–H groups in total. The smallest absolute Gasteiger partial charge is 0.315 e. The summed E-state index contributed by atoms with van der Waals surface area (Å²) in [6.45, 7) is 9.53. The van der Waals surface area contributed by atoms with Crippen LogP contribution in [-0.4, -0.2) is 20.6 Å². The quantitative estimate of drug-likeness (QED) is 0.588. The SMILES string of the molecule is Cc1ccc(C)c(OC(=O)Cc2c(C)nc3cc(=O)[nH]n3c2C)c1C. The molecule has 0 aliphatic heterocycles. The number of rotatable bonds is 3. The second-order valence-corrected chi connectivity index (χ2v) is 6.38. The maximum absolute atomic E-state index is 12.5. The molecule has 1 aromatic carbocycles. The highest BCUT2D eigenvalue weighted by Gasteiger charge is 2.17. The van der Waals surface area contributed by atoms with Crippen molar-refractivity contribution < 1.29 is 9.53 Å². The molecule has 3 rings (SSSR count). The molecule has 0 unspecified atom stereocenters. The molecule has 0 atom stereocenters. The van der Waals surface area contributed by atoms with E-state index in [-0.39, 0.29) is 17.9 Å². The molecule has 2 aromatic heterocycles. The average Bonchev–Trinajstić information content (AvgIpc) is 2.92. The second kappa shape index (κ2) is 6.20. The molecule has 6 heteroatoms. The zero-order valence-electron chi connectivity index (χ0n) is 15.1. The number of benzene rings is 1. The van der Waals surface area contributed by atoms with E-state index in [1.165, 1.54) is 6.07 Å². The largest absolute Gasteiger partial charge is 0.426 e. The number of nitrogens with one attached hydrogen (secondary N) is 1. The van der Waals surface area contributed by atoms with Gasteiger partial charge in [0, 0.05) is 23.0 Å². The lowest BCUT2D eigenvalue weighted by Crippen LogP contribution is -2.17. The minimum atomic E-state index is -0.348. The first-order chi connectivity index (χ1) is 11.8. The zero-order chi connectivity index (χ0) is 18.3. The molecular formula is C19H21N3O3. The number of carbonyl (C=O) groups is 1. The number of fused-ring (bicyclic) bond motifs is 1. The van der Waals surface area contributed by atoms with Crippen LogP contribution in [0.15, 0.2) is 23.0 Å². The Bertz CT molecular complexity index is 1040. The molecule has 0 aliphatic rings. The van der Waals surface area contributed by atoms with Gasteiger partial charge in [-0.2, -0.15) is 0 Å². The second-order valence-electron chi connectivity index (χ2n) is 6.38. The highest BCUT2D eigenvalue weighted by molar-refractivity contribution is 5.76. The van der Waals surface area contributed by atoms with E-state index in [1.54, 1.807) is 4.52 Å². The lowest BCUT2D eigenvalue weighted by Gasteiger charge is -2.14. The Morgan fingerprint density at radius 3 is 2.56 bits per heavy atom. The van der Waals surface area contributed by atoms with Gasteiger partial charge in [-0.05, 0) is 51.3 Å². The Labute approximate surface area is 145 Å². The molecule has 0 bridgehead atoms. The van der Waals surface area contributed by atoms with E-state index in [2.05, 4.69) is 10.1 Å². The highest BCUT2D eigenvalue weighted by atomic mass is 16.5. The van der Waals surface area contributed by atoms with Gasteiger partial charge in [-0.3, -0.25) is 14.7 Å². The summed E-state index contributed by atoms with van der Waals surface area (Å²) in [4.78, 5) is 28.4. The number of esters is 1. The molecule has 0 saturated carbocycles. The van der Waals surface area contributed by atoms with Gasteiger partial charge in [-0.1, -0.05) is 12.1 Å². The van der Waals surface area contributed by atoms with E-state index in [0.717, 1.165) is 27.9 Å². The first kappa shape index (κ1) is 17.0. The average molecular weight is 339 g/mol. The molecule has 25 heavy (non-hydrogen) atoms. The van der Waals surface area contributed by atoms with Crippen LogP contribution in [0.4, 0.5) is 0 Å². The van der Waals surface area contributed by atoms with E-state index in [4.69, 9.17) is 4.74 Å². The Morgan fingerprint density at radius 1 is 1.16 bits per heavy atom. The van der Waals surface area contributed by atoms with Gasteiger partial charge >= 0.3 is 5.97 Å². The standard InChI is InChI=1S/C19H21N3O3/c1-10-6-7-11(2)19(12(10)3)25-18(24)8-15-13(4)20-16-9-17(23)21-22(16)14(15)5/h6-7,9H,8H2,1-5H3,(H,21,23). The molecule has 2 heterocycles. The number of H-pyrrole nitrogens is 1. The predicted octanol–water partition coefficient (Wildman–Crippen LogP) is 2.71. The number of aryl methyl sites for hydroxylation is 4. The topological polar surface area (TPSA) is 76.5 Å². The minimum Gasteiger partial charge on any atom is -0.426 e. The monoisotopic (exact) mass is 339 g/mol. The third-order valence-electron chi connectivity index (χ3n) is 4.61. The van der Waals surface area contributed by atoms with E-state index < -0.39 is 0 Å². The normalized spacial score (nSPS) is 11.1. The van der Waals surface area contributed by atoms with Crippen molar-refractivity contribution in [3.8, 4) is 5.75 Å². The fourth-order valence-corrected chi connectivity index (χ4v) is 2.99. The van der Waals surface area contributed by atoms with Crippen LogP contribution in [-0.2, 0) is 11.2 Å². The minimum absolute atomic E-state index is 0.0909. The number of aromatic amines is 1. The molecular weight excluding hydrogens is 318 g/mol. The Morgan fingerprint density at radius 2 is 1.84 bits per heavy atom. The van der Waals surface area contributed by atoms with Gasteiger partial charge in [0.25, 0.3) is 5.56 Å². The van der Waals surface area contributed by atoms with Crippen LogP contribution in [0.1, 0.15) is 33.6 Å². The molecule has 0 aliphatic carbocycles. The summed E-state index contributed by atoms with van der Waals surface area (Å²) in [5.41, 5.74) is 5.54. The van der Waals surface area contributed by atoms with Gasteiger partial charge < -0.3 is 4.74 Å². The molecule has 3 aromatic rings. The Kier molecular flexibility index (Phi) is 4.20. The van der Waals surface area contributed by atoms with Crippen LogP contribution in [0, 0.1) is 34.6 Å². The third kappa shape index (κ3) is 3.07. The molecule has 0 fully saturated rings. The number of aromatic nitrogens is 3. The summed E-state index contributed by atoms with van der Waals surface area (Å²) in [7, 11) is 0. The van der Waals surface area contributed by atoms with Crippen LogP contribution < -0.4 is 10.3 Å². The van der Waals surface area contributed by atoms with Crippen LogP contribution in [0.5, 0.6) is 5.75 Å². The van der Waals surface area contributed by atoms with Crippen molar-refractivity contribution in [3.05, 3.63) is 62.2 Å². The van der Waals surface area contributed by atoms with Crippen LogP contribution in [0.3, 0.4) is 0 Å². The predicted molar refractivity (Wildman–Crippen MR) is 95.3 cm³/mol. The molecule has 0 saturated heterocycles. The molecule has 0 spiro atoms. The summed E-state index contributed by atoms with van der Waals surface area (Å²) in [6.07, 6.45) is 0.0909. The first-order valence-electron chi connectivity index (χ1n) is 8.13. The van der Waals surface area contributed by atoms with Crippen LogP contribution in [0.25, 0.3) is 5.65 Å². The Balaban J connectivity index is 1.93.